The van der Waals surface area contributed by atoms with Gasteiger partial charge in [-0.05, 0) is 12.1 Å². The van der Waals surface area contributed by atoms with Crippen molar-refractivity contribution in [3.63, 3.8) is 0 Å². The maximum absolute atomic E-state index is 11.7. The molecule has 1 atom stereocenters. The van der Waals surface area contributed by atoms with Crippen molar-refractivity contribution in [2.45, 2.75) is 6.10 Å². The van der Waals surface area contributed by atoms with Crippen LogP contribution in [0.15, 0.2) is 36.0 Å². The summed E-state index contributed by atoms with van der Waals surface area (Å²) in [5.74, 6) is 0.963. The van der Waals surface area contributed by atoms with Crippen LogP contribution < -0.4 is 20.1 Å². The first-order chi connectivity index (χ1) is 11.2. The van der Waals surface area contributed by atoms with E-state index in [2.05, 4.69) is 10.6 Å². The van der Waals surface area contributed by atoms with Crippen LogP contribution in [0.1, 0.15) is 0 Å². The molecular weight excluding hydrogens is 298 g/mol. The van der Waals surface area contributed by atoms with Gasteiger partial charge in [0.15, 0.2) is 11.5 Å². The molecule has 1 heterocycles. The molecule has 122 valence electrons. The van der Waals surface area contributed by atoms with E-state index in [1.54, 1.807) is 7.11 Å². The van der Waals surface area contributed by atoms with E-state index in [-0.39, 0.29) is 11.7 Å². The van der Waals surface area contributed by atoms with Crippen molar-refractivity contribution < 1.29 is 19.0 Å². The standard InChI is InChI=1S/C16H19N3O4/c1-21-7-6-19-16(20)12(8-17)9-18-10-13-11-22-14-4-2-3-5-15(14)23-13/h2-5,9,13,18H,6-7,10-11H2,1H3,(H,19,20)/b12-9-. The summed E-state index contributed by atoms with van der Waals surface area (Å²) in [6.07, 6.45) is 1.18. The number of para-hydroxylation sites is 2. The first-order valence-electron chi connectivity index (χ1n) is 7.24. The highest BCUT2D eigenvalue weighted by atomic mass is 16.6. The van der Waals surface area contributed by atoms with Gasteiger partial charge in [0.25, 0.3) is 5.91 Å². The SMILES string of the molecule is COCCNC(=O)/C(C#N)=C\NCC1COc2ccccc2O1. The number of rotatable bonds is 7. The molecule has 1 unspecified atom stereocenters. The Morgan fingerprint density at radius 1 is 1.48 bits per heavy atom. The Labute approximate surface area is 134 Å². The first-order valence-corrected chi connectivity index (χ1v) is 7.24. The number of carbonyl (C=O) groups is 1. The Morgan fingerprint density at radius 2 is 2.26 bits per heavy atom. The van der Waals surface area contributed by atoms with Crippen LogP contribution in [0.5, 0.6) is 11.5 Å². The highest BCUT2D eigenvalue weighted by molar-refractivity contribution is 5.97. The molecule has 7 heteroatoms. The van der Waals surface area contributed by atoms with Crippen LogP contribution >= 0.6 is 0 Å². The highest BCUT2D eigenvalue weighted by Crippen LogP contribution is 2.30. The van der Waals surface area contributed by atoms with Crippen molar-refractivity contribution >= 4 is 5.91 Å². The molecule has 7 nitrogen and oxygen atoms in total. The molecule has 1 aromatic rings. The van der Waals surface area contributed by atoms with E-state index >= 15 is 0 Å². The lowest BCUT2D eigenvalue weighted by Crippen LogP contribution is -2.37. The number of hydrogen-bond acceptors (Lipinski definition) is 6. The number of methoxy groups -OCH3 is 1. The van der Waals surface area contributed by atoms with E-state index in [9.17, 15) is 4.79 Å². The number of amides is 1. The molecule has 23 heavy (non-hydrogen) atoms. The number of hydrogen-bond donors (Lipinski definition) is 2. The van der Waals surface area contributed by atoms with Gasteiger partial charge < -0.3 is 24.8 Å². The van der Waals surface area contributed by atoms with E-state index in [0.717, 1.165) is 5.75 Å². The van der Waals surface area contributed by atoms with Gasteiger partial charge in [0.05, 0.1) is 13.2 Å². The fraction of sp³-hybridized carbons (Fsp3) is 0.375. The van der Waals surface area contributed by atoms with Gasteiger partial charge in [0, 0.05) is 19.9 Å². The normalized spacial score (nSPS) is 16.3. The molecule has 0 bridgehead atoms. The summed E-state index contributed by atoms with van der Waals surface area (Å²) >= 11 is 0. The molecule has 0 aliphatic carbocycles. The number of nitriles is 1. The number of ether oxygens (including phenoxy) is 3. The zero-order chi connectivity index (χ0) is 16.5. The first kappa shape index (κ1) is 16.6. The van der Waals surface area contributed by atoms with Crippen molar-refractivity contribution in [3.05, 3.63) is 36.0 Å². The summed E-state index contributed by atoms with van der Waals surface area (Å²) in [4.78, 5) is 11.7. The number of benzene rings is 1. The highest BCUT2D eigenvalue weighted by Gasteiger charge is 2.20. The quantitative estimate of drug-likeness (QED) is 0.434. The Bertz CT molecular complexity index is 610. The van der Waals surface area contributed by atoms with Crippen molar-refractivity contribution in [3.8, 4) is 17.6 Å². The molecule has 2 rings (SSSR count). The molecule has 0 saturated heterocycles. The third-order valence-electron chi connectivity index (χ3n) is 3.12. The van der Waals surface area contributed by atoms with Crippen LogP contribution in [-0.2, 0) is 9.53 Å². The minimum atomic E-state index is -0.441. The molecule has 1 aromatic carbocycles. The fourth-order valence-electron chi connectivity index (χ4n) is 1.97. The van der Waals surface area contributed by atoms with Gasteiger partial charge in [-0.3, -0.25) is 4.79 Å². The van der Waals surface area contributed by atoms with E-state index in [0.29, 0.717) is 32.1 Å². The lowest BCUT2D eigenvalue weighted by atomic mass is 10.2. The fourth-order valence-corrected chi connectivity index (χ4v) is 1.97. The molecule has 0 radical (unpaired) electrons. The van der Waals surface area contributed by atoms with E-state index < -0.39 is 5.91 Å². The summed E-state index contributed by atoms with van der Waals surface area (Å²) in [6.45, 7) is 1.57. The predicted molar refractivity (Wildman–Crippen MR) is 82.9 cm³/mol. The number of nitrogens with zero attached hydrogens (tertiary/aromatic N) is 1. The van der Waals surface area contributed by atoms with Crippen LogP contribution in [0, 0.1) is 11.3 Å². The van der Waals surface area contributed by atoms with Gasteiger partial charge in [-0.25, -0.2) is 0 Å². The van der Waals surface area contributed by atoms with Crippen LogP contribution in [0.3, 0.4) is 0 Å². The minimum absolute atomic E-state index is 0.00164. The maximum Gasteiger partial charge on any atom is 0.263 e. The summed E-state index contributed by atoms with van der Waals surface area (Å²) < 4.78 is 16.2. The van der Waals surface area contributed by atoms with Crippen molar-refractivity contribution in [2.75, 3.05) is 33.4 Å². The van der Waals surface area contributed by atoms with Crippen LogP contribution in [0.25, 0.3) is 0 Å². The third kappa shape index (κ3) is 4.90. The zero-order valence-corrected chi connectivity index (χ0v) is 12.9. The molecule has 0 aromatic heterocycles. The molecule has 2 N–H and O–H groups in total. The Hall–Kier alpha value is -2.72. The van der Waals surface area contributed by atoms with Gasteiger partial charge in [-0.1, -0.05) is 12.1 Å². The number of fused-ring (bicyclic) bond motifs is 1. The number of nitrogens with one attached hydrogen (secondary N) is 2. The Morgan fingerprint density at radius 3 is 3.00 bits per heavy atom. The van der Waals surface area contributed by atoms with Crippen LogP contribution in [0.2, 0.25) is 0 Å². The molecule has 1 amide bonds. The largest absolute Gasteiger partial charge is 0.486 e. The smallest absolute Gasteiger partial charge is 0.263 e. The molecule has 0 spiro atoms. The second-order valence-electron chi connectivity index (χ2n) is 4.82. The molecule has 1 aliphatic rings. The van der Waals surface area contributed by atoms with E-state index in [1.165, 1.54) is 6.20 Å². The zero-order valence-electron chi connectivity index (χ0n) is 12.9. The van der Waals surface area contributed by atoms with Crippen LogP contribution in [-0.4, -0.2) is 45.4 Å². The van der Waals surface area contributed by atoms with E-state index in [4.69, 9.17) is 19.5 Å². The monoisotopic (exact) mass is 317 g/mol. The average Bonchev–Trinajstić information content (AvgIpc) is 2.58. The topological polar surface area (TPSA) is 92.6 Å². The van der Waals surface area contributed by atoms with E-state index in [1.807, 2.05) is 30.3 Å². The van der Waals surface area contributed by atoms with Gasteiger partial charge >= 0.3 is 0 Å². The predicted octanol–water partition coefficient (Wildman–Crippen LogP) is 0.586. The minimum Gasteiger partial charge on any atom is -0.486 e. The lowest BCUT2D eigenvalue weighted by molar-refractivity contribution is -0.117. The van der Waals surface area contributed by atoms with Gasteiger partial charge in [0.1, 0.15) is 24.4 Å². The molecule has 1 aliphatic heterocycles. The Kier molecular flexibility index (Phi) is 6.27. The lowest BCUT2D eigenvalue weighted by Gasteiger charge is -2.26. The van der Waals surface area contributed by atoms with Crippen molar-refractivity contribution in [2.24, 2.45) is 0 Å². The van der Waals surface area contributed by atoms with Gasteiger partial charge in [-0.15, -0.1) is 0 Å². The second-order valence-corrected chi connectivity index (χ2v) is 4.82. The van der Waals surface area contributed by atoms with Crippen LogP contribution in [0.4, 0.5) is 0 Å². The molecule has 0 saturated carbocycles. The number of carbonyl (C=O) groups excluding carboxylic acids is 1. The second kappa shape index (κ2) is 8.66. The summed E-state index contributed by atoms with van der Waals surface area (Å²) in [7, 11) is 1.54. The average molecular weight is 317 g/mol. The van der Waals surface area contributed by atoms with Gasteiger partial charge in [-0.2, -0.15) is 5.26 Å². The molecular formula is C16H19N3O4. The summed E-state index contributed by atoms with van der Waals surface area (Å²) in [5, 5.41) is 14.5. The molecule has 0 fully saturated rings. The summed E-state index contributed by atoms with van der Waals surface area (Å²) in [5.41, 5.74) is -0.00164. The maximum atomic E-state index is 11.7. The van der Waals surface area contributed by atoms with Crippen molar-refractivity contribution in [1.29, 1.82) is 5.26 Å². The van der Waals surface area contributed by atoms with Crippen molar-refractivity contribution in [1.82, 2.24) is 10.6 Å². The third-order valence-corrected chi connectivity index (χ3v) is 3.12. The Balaban J connectivity index is 1.81. The summed E-state index contributed by atoms with van der Waals surface area (Å²) in [6, 6.07) is 9.29. The van der Waals surface area contributed by atoms with Gasteiger partial charge in [0.2, 0.25) is 0 Å².